The average molecular weight is 208 g/mol. The Morgan fingerprint density at radius 2 is 1.79 bits per heavy atom. The zero-order chi connectivity index (χ0) is 10.8. The van der Waals surface area contributed by atoms with Gasteiger partial charge in [0.2, 0.25) is 0 Å². The second-order valence-corrected chi connectivity index (χ2v) is 3.42. The number of hydrogen-bond acceptors (Lipinski definition) is 1. The number of carbonyl (C=O) groups is 1. The molecule has 0 atom stereocenters. The summed E-state index contributed by atoms with van der Waals surface area (Å²) in [6.45, 7) is 0. The van der Waals surface area contributed by atoms with Crippen molar-refractivity contribution in [1.82, 2.24) is 0 Å². The van der Waals surface area contributed by atoms with E-state index in [0.717, 1.165) is 12.8 Å². The van der Waals surface area contributed by atoms with Crippen LogP contribution in [0.2, 0.25) is 0 Å². The van der Waals surface area contributed by atoms with E-state index in [1.807, 2.05) is 0 Å². The van der Waals surface area contributed by atoms with E-state index in [4.69, 9.17) is 5.11 Å². The molecule has 0 aromatic carbocycles. The minimum Gasteiger partial charge on any atom is -0.478 e. The molecule has 0 bridgehead atoms. The van der Waals surface area contributed by atoms with Gasteiger partial charge in [-0.25, -0.2) is 4.79 Å². The summed E-state index contributed by atoms with van der Waals surface area (Å²) in [4.78, 5) is 10.2. The highest BCUT2D eigenvalue weighted by atomic mass is 19.4. The first-order valence-electron chi connectivity index (χ1n) is 4.43. The largest absolute Gasteiger partial charge is 0.478 e. The van der Waals surface area contributed by atoms with E-state index < -0.39 is 23.6 Å². The first kappa shape index (κ1) is 11.1. The second kappa shape index (κ2) is 4.02. The molecule has 0 radical (unpaired) electrons. The predicted octanol–water partition coefficient (Wildman–Crippen LogP) is 2.75. The van der Waals surface area contributed by atoms with Crippen LogP contribution in [0.4, 0.5) is 13.2 Å². The molecule has 2 nitrogen and oxygen atoms in total. The van der Waals surface area contributed by atoms with Crippen molar-refractivity contribution in [3.05, 3.63) is 11.6 Å². The Labute approximate surface area is 79.4 Å². The third-order valence-electron chi connectivity index (χ3n) is 2.40. The minimum absolute atomic E-state index is 0.302. The molecule has 0 amide bonds. The molecule has 0 heterocycles. The summed E-state index contributed by atoms with van der Waals surface area (Å²) in [5, 5.41) is 8.33. The maximum atomic E-state index is 12.4. The lowest BCUT2D eigenvalue weighted by Crippen LogP contribution is -2.19. The molecule has 5 heteroatoms. The van der Waals surface area contributed by atoms with E-state index in [9.17, 15) is 18.0 Å². The maximum Gasteiger partial charge on any atom is 0.413 e. The summed E-state index contributed by atoms with van der Waals surface area (Å²) >= 11 is 0. The van der Waals surface area contributed by atoms with Crippen LogP contribution < -0.4 is 0 Å². The predicted molar refractivity (Wildman–Crippen MR) is 43.7 cm³/mol. The van der Waals surface area contributed by atoms with Gasteiger partial charge in [-0.2, -0.15) is 13.2 Å². The van der Waals surface area contributed by atoms with E-state index in [-0.39, 0.29) is 0 Å². The number of allylic oxidation sites excluding steroid dienone is 1. The third kappa shape index (κ3) is 2.75. The molecule has 1 fully saturated rings. The van der Waals surface area contributed by atoms with Gasteiger partial charge in [-0.3, -0.25) is 0 Å². The molecule has 1 aliphatic carbocycles. The quantitative estimate of drug-likeness (QED) is 0.708. The van der Waals surface area contributed by atoms with Gasteiger partial charge in [0.25, 0.3) is 0 Å². The smallest absolute Gasteiger partial charge is 0.413 e. The Kier molecular flexibility index (Phi) is 3.18. The van der Waals surface area contributed by atoms with Crippen LogP contribution in [0.3, 0.4) is 0 Å². The van der Waals surface area contributed by atoms with Crippen LogP contribution in [0, 0.1) is 5.92 Å². The monoisotopic (exact) mass is 208 g/mol. The minimum atomic E-state index is -4.51. The summed E-state index contributed by atoms with van der Waals surface area (Å²) in [6, 6.07) is 0. The van der Waals surface area contributed by atoms with Crippen molar-refractivity contribution in [3.63, 3.8) is 0 Å². The number of halogens is 3. The van der Waals surface area contributed by atoms with Gasteiger partial charge in [-0.05, 0) is 18.8 Å². The summed E-state index contributed by atoms with van der Waals surface area (Å²) in [6.07, 6.45) is -1.82. The fourth-order valence-corrected chi connectivity index (χ4v) is 1.80. The van der Waals surface area contributed by atoms with Crippen molar-refractivity contribution in [2.45, 2.75) is 31.9 Å². The topological polar surface area (TPSA) is 37.3 Å². The van der Waals surface area contributed by atoms with Crippen molar-refractivity contribution in [3.8, 4) is 0 Å². The van der Waals surface area contributed by atoms with E-state index in [1.165, 1.54) is 0 Å². The molecular weight excluding hydrogens is 197 g/mol. The highest BCUT2D eigenvalue weighted by molar-refractivity contribution is 5.81. The molecular formula is C9H11F3O2. The van der Waals surface area contributed by atoms with Crippen LogP contribution in [-0.4, -0.2) is 17.3 Å². The number of aliphatic carboxylic acids is 1. The van der Waals surface area contributed by atoms with Crippen LogP contribution >= 0.6 is 0 Å². The van der Waals surface area contributed by atoms with Crippen molar-refractivity contribution in [1.29, 1.82) is 0 Å². The van der Waals surface area contributed by atoms with E-state index in [1.54, 1.807) is 0 Å². The van der Waals surface area contributed by atoms with E-state index in [2.05, 4.69) is 0 Å². The van der Waals surface area contributed by atoms with Crippen molar-refractivity contribution in [2.75, 3.05) is 0 Å². The third-order valence-corrected chi connectivity index (χ3v) is 2.40. The van der Waals surface area contributed by atoms with E-state index >= 15 is 0 Å². The van der Waals surface area contributed by atoms with Gasteiger partial charge in [-0.15, -0.1) is 0 Å². The number of carboxylic acids is 1. The second-order valence-electron chi connectivity index (χ2n) is 3.42. The lowest BCUT2D eigenvalue weighted by Gasteiger charge is -2.16. The molecule has 0 unspecified atom stereocenters. The fourth-order valence-electron chi connectivity index (χ4n) is 1.80. The summed E-state index contributed by atoms with van der Waals surface area (Å²) in [7, 11) is 0. The van der Waals surface area contributed by atoms with Crippen LogP contribution in [0.25, 0.3) is 0 Å². The van der Waals surface area contributed by atoms with Gasteiger partial charge in [0.15, 0.2) is 0 Å². The summed E-state index contributed by atoms with van der Waals surface area (Å²) in [5.41, 5.74) is -0.887. The van der Waals surface area contributed by atoms with Gasteiger partial charge < -0.3 is 5.11 Å². The van der Waals surface area contributed by atoms with Gasteiger partial charge in [0, 0.05) is 11.6 Å². The molecule has 1 aliphatic rings. The first-order chi connectivity index (χ1) is 6.41. The molecule has 14 heavy (non-hydrogen) atoms. The zero-order valence-electron chi connectivity index (χ0n) is 7.47. The molecule has 0 spiro atoms. The Hall–Kier alpha value is -1.00. The number of rotatable bonds is 2. The standard InChI is InChI=1S/C9H11F3O2/c10-9(11,12)7(5-8(13)14)6-3-1-2-4-6/h5-6H,1-4H2,(H,13,14). The SMILES string of the molecule is O=C(O)C=C(C1CCCC1)C(F)(F)F. The Bertz CT molecular complexity index is 249. The summed E-state index contributed by atoms with van der Waals surface area (Å²) in [5.74, 6) is -2.14. The highest BCUT2D eigenvalue weighted by Gasteiger charge is 2.39. The number of carboxylic acid groups (broad SMARTS) is 1. The fraction of sp³-hybridized carbons (Fsp3) is 0.667. The van der Waals surface area contributed by atoms with Gasteiger partial charge in [0.05, 0.1) is 0 Å². The molecule has 0 aliphatic heterocycles. The van der Waals surface area contributed by atoms with Crippen molar-refractivity contribution >= 4 is 5.97 Å². The Morgan fingerprint density at radius 3 is 2.14 bits per heavy atom. The molecule has 1 rings (SSSR count). The number of alkyl halides is 3. The van der Waals surface area contributed by atoms with Crippen molar-refractivity contribution < 1.29 is 23.1 Å². The lowest BCUT2D eigenvalue weighted by atomic mass is 9.96. The van der Waals surface area contributed by atoms with Crippen LogP contribution in [0.5, 0.6) is 0 Å². The molecule has 0 aromatic heterocycles. The van der Waals surface area contributed by atoms with Crippen LogP contribution in [-0.2, 0) is 4.79 Å². The molecule has 1 saturated carbocycles. The summed E-state index contributed by atoms with van der Waals surface area (Å²) < 4.78 is 37.2. The zero-order valence-corrected chi connectivity index (χ0v) is 7.47. The molecule has 1 N–H and O–H groups in total. The van der Waals surface area contributed by atoms with E-state index in [0.29, 0.717) is 18.9 Å². The van der Waals surface area contributed by atoms with Crippen LogP contribution in [0.15, 0.2) is 11.6 Å². The van der Waals surface area contributed by atoms with Gasteiger partial charge in [-0.1, -0.05) is 12.8 Å². The Morgan fingerprint density at radius 1 is 1.29 bits per heavy atom. The lowest BCUT2D eigenvalue weighted by molar-refractivity contribution is -0.133. The first-order valence-corrected chi connectivity index (χ1v) is 4.43. The molecule has 80 valence electrons. The average Bonchev–Trinajstić information content (AvgIpc) is 2.49. The van der Waals surface area contributed by atoms with Crippen LogP contribution in [0.1, 0.15) is 25.7 Å². The molecule has 0 saturated heterocycles. The van der Waals surface area contributed by atoms with Gasteiger partial charge in [0.1, 0.15) is 0 Å². The van der Waals surface area contributed by atoms with Gasteiger partial charge >= 0.3 is 12.1 Å². The molecule has 0 aromatic rings. The van der Waals surface area contributed by atoms with Crippen molar-refractivity contribution in [2.24, 2.45) is 5.92 Å². The Balaban J connectivity index is 2.86. The highest BCUT2D eigenvalue weighted by Crippen LogP contribution is 2.39. The number of hydrogen-bond donors (Lipinski definition) is 1. The normalized spacial score (nSPS) is 20.1. The maximum absolute atomic E-state index is 12.4.